The second kappa shape index (κ2) is 6.05. The first-order chi connectivity index (χ1) is 11.1. The number of para-hydroxylation sites is 1. The van der Waals surface area contributed by atoms with Gasteiger partial charge in [0.1, 0.15) is 17.0 Å². The Labute approximate surface area is 133 Å². The highest BCUT2D eigenvalue weighted by atomic mass is 32.1. The van der Waals surface area contributed by atoms with Gasteiger partial charge in [-0.25, -0.2) is 9.07 Å². The first-order valence-electron chi connectivity index (χ1n) is 6.49. The highest BCUT2D eigenvalue weighted by molar-refractivity contribution is 7.13. The molecular weight excluding hydrogens is 321 g/mol. The molecule has 3 aromatic rings. The molecule has 1 amide bonds. The molecule has 0 aliphatic carbocycles. The molecule has 7 nitrogen and oxygen atoms in total. The van der Waals surface area contributed by atoms with Crippen molar-refractivity contribution in [3.8, 4) is 5.69 Å². The van der Waals surface area contributed by atoms with E-state index in [0.29, 0.717) is 5.69 Å². The van der Waals surface area contributed by atoms with Crippen LogP contribution in [0.2, 0.25) is 0 Å². The van der Waals surface area contributed by atoms with Crippen LogP contribution in [-0.2, 0) is 0 Å². The lowest BCUT2D eigenvalue weighted by atomic mass is 10.2. The standard InChI is InChI=1S/C14H10FN5O2S/c1-8-6-11(21)12(13(22)17-14-18-16-7-23-14)19-20(8)10-5-3-2-4-9(10)15/h2-7H,1H3,(H,17,18,22). The van der Waals surface area contributed by atoms with Crippen molar-refractivity contribution in [3.05, 3.63) is 63.3 Å². The fraction of sp³-hybridized carbons (Fsp3) is 0.0714. The summed E-state index contributed by atoms with van der Waals surface area (Å²) in [5, 5.41) is 13.9. The van der Waals surface area contributed by atoms with Crippen molar-refractivity contribution in [3.63, 3.8) is 0 Å². The number of hydrogen-bond donors (Lipinski definition) is 1. The van der Waals surface area contributed by atoms with Gasteiger partial charge in [0, 0.05) is 11.8 Å². The average molecular weight is 331 g/mol. The number of aromatic nitrogens is 4. The van der Waals surface area contributed by atoms with Crippen LogP contribution in [-0.4, -0.2) is 25.9 Å². The predicted octanol–water partition coefficient (Wildman–Crippen LogP) is 1.78. The minimum atomic E-state index is -0.725. The van der Waals surface area contributed by atoms with Gasteiger partial charge in [0.2, 0.25) is 10.6 Å². The molecule has 23 heavy (non-hydrogen) atoms. The third-order valence-electron chi connectivity index (χ3n) is 2.98. The SMILES string of the molecule is Cc1cc(=O)c(C(=O)Nc2nncs2)nn1-c1ccccc1F. The molecule has 2 aromatic heterocycles. The lowest BCUT2D eigenvalue weighted by Gasteiger charge is -2.11. The molecule has 0 aliphatic heterocycles. The van der Waals surface area contributed by atoms with Gasteiger partial charge in [0.05, 0.1) is 0 Å². The van der Waals surface area contributed by atoms with Crippen LogP contribution in [0.4, 0.5) is 9.52 Å². The van der Waals surface area contributed by atoms with E-state index in [1.807, 2.05) is 0 Å². The van der Waals surface area contributed by atoms with Crippen molar-refractivity contribution in [1.82, 2.24) is 20.0 Å². The molecule has 0 saturated heterocycles. The number of hydrogen-bond acceptors (Lipinski definition) is 6. The number of carbonyl (C=O) groups excluding carboxylic acids is 1. The second-order valence-corrected chi connectivity index (χ2v) is 5.39. The number of benzene rings is 1. The first-order valence-corrected chi connectivity index (χ1v) is 7.37. The maximum Gasteiger partial charge on any atom is 0.282 e. The second-order valence-electron chi connectivity index (χ2n) is 4.56. The highest BCUT2D eigenvalue weighted by Gasteiger charge is 2.17. The number of anilines is 1. The van der Waals surface area contributed by atoms with E-state index in [1.54, 1.807) is 19.1 Å². The molecule has 0 radical (unpaired) electrons. The van der Waals surface area contributed by atoms with Crippen LogP contribution < -0.4 is 10.7 Å². The third kappa shape index (κ3) is 2.99. The Balaban J connectivity index is 2.05. The molecule has 0 aliphatic rings. The first kappa shape index (κ1) is 15.0. The molecule has 2 heterocycles. The highest BCUT2D eigenvalue weighted by Crippen LogP contribution is 2.14. The Morgan fingerprint density at radius 2 is 2.13 bits per heavy atom. The smallest absolute Gasteiger partial charge is 0.282 e. The van der Waals surface area contributed by atoms with Gasteiger partial charge in [-0.05, 0) is 19.1 Å². The van der Waals surface area contributed by atoms with E-state index in [9.17, 15) is 14.0 Å². The summed E-state index contributed by atoms with van der Waals surface area (Å²) in [6.45, 7) is 1.60. The van der Waals surface area contributed by atoms with Crippen LogP contribution in [0.15, 0.2) is 40.6 Å². The molecule has 1 N–H and O–H groups in total. The molecular formula is C14H10FN5O2S. The summed E-state index contributed by atoms with van der Waals surface area (Å²) in [5.74, 6) is -1.24. The zero-order chi connectivity index (χ0) is 16.4. The minimum Gasteiger partial charge on any atom is -0.295 e. The maximum absolute atomic E-state index is 13.9. The van der Waals surface area contributed by atoms with Crippen molar-refractivity contribution >= 4 is 22.4 Å². The fourth-order valence-electron chi connectivity index (χ4n) is 1.96. The Bertz CT molecular complexity index is 923. The van der Waals surface area contributed by atoms with Crippen molar-refractivity contribution in [2.45, 2.75) is 6.92 Å². The lowest BCUT2D eigenvalue weighted by Crippen LogP contribution is -2.27. The summed E-state index contributed by atoms with van der Waals surface area (Å²) in [7, 11) is 0. The van der Waals surface area contributed by atoms with Gasteiger partial charge in [0.25, 0.3) is 5.91 Å². The number of amides is 1. The summed E-state index contributed by atoms with van der Waals surface area (Å²) in [5.41, 5.74) is 1.09. The van der Waals surface area contributed by atoms with Crippen LogP contribution in [0.5, 0.6) is 0 Å². The topological polar surface area (TPSA) is 89.8 Å². The van der Waals surface area contributed by atoms with E-state index < -0.39 is 17.2 Å². The van der Waals surface area contributed by atoms with Crippen molar-refractivity contribution < 1.29 is 9.18 Å². The van der Waals surface area contributed by atoms with Crippen LogP contribution in [0.1, 0.15) is 16.2 Å². The molecule has 3 rings (SSSR count). The quantitative estimate of drug-likeness (QED) is 0.790. The Morgan fingerprint density at radius 1 is 1.35 bits per heavy atom. The van der Waals surface area contributed by atoms with Gasteiger partial charge in [-0.3, -0.25) is 14.9 Å². The van der Waals surface area contributed by atoms with Gasteiger partial charge in [-0.1, -0.05) is 23.5 Å². The van der Waals surface area contributed by atoms with Gasteiger partial charge in [-0.15, -0.1) is 10.2 Å². The molecule has 0 unspecified atom stereocenters. The van der Waals surface area contributed by atoms with Gasteiger partial charge < -0.3 is 0 Å². The van der Waals surface area contributed by atoms with Crippen LogP contribution in [0.25, 0.3) is 5.69 Å². The lowest BCUT2D eigenvalue weighted by molar-refractivity contribution is 0.101. The van der Waals surface area contributed by atoms with E-state index in [0.717, 1.165) is 11.3 Å². The van der Waals surface area contributed by atoms with E-state index in [1.165, 1.54) is 28.4 Å². The summed E-state index contributed by atoms with van der Waals surface area (Å²) in [6, 6.07) is 7.19. The molecule has 0 fully saturated rings. The van der Waals surface area contributed by atoms with E-state index >= 15 is 0 Å². The number of halogens is 1. The van der Waals surface area contributed by atoms with Crippen LogP contribution >= 0.6 is 11.3 Å². The van der Waals surface area contributed by atoms with Gasteiger partial charge in [-0.2, -0.15) is 5.10 Å². The summed E-state index contributed by atoms with van der Waals surface area (Å²) in [4.78, 5) is 24.2. The molecule has 0 spiro atoms. The summed E-state index contributed by atoms with van der Waals surface area (Å²) >= 11 is 1.11. The molecule has 0 atom stereocenters. The maximum atomic E-state index is 13.9. The summed E-state index contributed by atoms with van der Waals surface area (Å²) < 4.78 is 15.2. The van der Waals surface area contributed by atoms with Crippen LogP contribution in [0.3, 0.4) is 0 Å². The molecule has 0 bridgehead atoms. The minimum absolute atomic E-state index is 0.148. The van der Waals surface area contributed by atoms with Crippen LogP contribution in [0, 0.1) is 12.7 Å². The number of carbonyl (C=O) groups is 1. The van der Waals surface area contributed by atoms with Crippen molar-refractivity contribution in [2.75, 3.05) is 5.32 Å². The van der Waals surface area contributed by atoms with Crippen molar-refractivity contribution in [1.29, 1.82) is 0 Å². The predicted molar refractivity (Wildman–Crippen MR) is 82.4 cm³/mol. The monoisotopic (exact) mass is 331 g/mol. The Kier molecular flexibility index (Phi) is 3.94. The molecule has 0 saturated carbocycles. The Morgan fingerprint density at radius 3 is 2.83 bits per heavy atom. The number of nitrogens with one attached hydrogen (secondary N) is 1. The Hall–Kier alpha value is -2.94. The summed E-state index contributed by atoms with van der Waals surface area (Å²) in [6.07, 6.45) is 0. The third-order valence-corrected chi connectivity index (χ3v) is 3.59. The largest absolute Gasteiger partial charge is 0.295 e. The number of rotatable bonds is 3. The normalized spacial score (nSPS) is 10.5. The zero-order valence-electron chi connectivity index (χ0n) is 11.9. The van der Waals surface area contributed by atoms with Gasteiger partial charge in [0.15, 0.2) is 5.69 Å². The number of aryl methyl sites for hydroxylation is 1. The van der Waals surface area contributed by atoms with E-state index in [4.69, 9.17) is 0 Å². The average Bonchev–Trinajstić information content (AvgIpc) is 3.01. The van der Waals surface area contributed by atoms with Gasteiger partial charge >= 0.3 is 0 Å². The van der Waals surface area contributed by atoms with Crippen molar-refractivity contribution in [2.24, 2.45) is 0 Å². The number of nitrogens with zero attached hydrogens (tertiary/aromatic N) is 4. The fourth-order valence-corrected chi connectivity index (χ4v) is 2.40. The molecule has 1 aromatic carbocycles. The zero-order valence-corrected chi connectivity index (χ0v) is 12.7. The van der Waals surface area contributed by atoms with E-state index in [2.05, 4.69) is 20.6 Å². The van der Waals surface area contributed by atoms with E-state index in [-0.39, 0.29) is 16.5 Å². The molecule has 9 heteroatoms. The molecule has 116 valence electrons.